The number of hydrogen-bond acceptors (Lipinski definition) is 6. The lowest BCUT2D eigenvalue weighted by atomic mass is 10.0. The van der Waals surface area contributed by atoms with Gasteiger partial charge in [-0.2, -0.15) is 0 Å². The number of carbonyl (C=O) groups is 2. The zero-order chi connectivity index (χ0) is 23.8. The van der Waals surface area contributed by atoms with Crippen molar-refractivity contribution in [3.8, 4) is 11.5 Å². The predicted molar refractivity (Wildman–Crippen MR) is 127 cm³/mol. The second kappa shape index (κ2) is 11.5. The van der Waals surface area contributed by atoms with Gasteiger partial charge in [-0.15, -0.1) is 0 Å². The molecule has 0 bridgehead atoms. The summed E-state index contributed by atoms with van der Waals surface area (Å²) in [4.78, 5) is 32.3. The van der Waals surface area contributed by atoms with Crippen LogP contribution in [0.4, 0.5) is 10.5 Å². The van der Waals surface area contributed by atoms with Gasteiger partial charge in [0.05, 0.1) is 20.6 Å². The van der Waals surface area contributed by atoms with E-state index in [-0.39, 0.29) is 5.91 Å². The number of ether oxygens (including phenoxy) is 2. The molecule has 33 heavy (non-hydrogen) atoms. The molecule has 1 aromatic carbocycles. The molecule has 2 aromatic rings. The van der Waals surface area contributed by atoms with Gasteiger partial charge in [0.2, 0.25) is 5.91 Å². The van der Waals surface area contributed by atoms with Crippen LogP contribution >= 0.6 is 0 Å². The minimum Gasteiger partial charge on any atom is -0.493 e. The average Bonchev–Trinajstić information content (AvgIpc) is 2.94. The highest BCUT2D eigenvalue weighted by molar-refractivity contribution is 5.87. The van der Waals surface area contributed by atoms with Crippen LogP contribution in [0.2, 0.25) is 0 Å². The molecule has 0 unspecified atom stereocenters. The van der Waals surface area contributed by atoms with E-state index in [2.05, 4.69) is 22.2 Å². The number of nitrogens with zero attached hydrogens (tertiary/aromatic N) is 3. The van der Waals surface area contributed by atoms with Gasteiger partial charge >= 0.3 is 6.03 Å². The van der Waals surface area contributed by atoms with Crippen LogP contribution < -0.4 is 20.5 Å². The number of nitrogens with two attached hydrogens (primary N) is 1. The van der Waals surface area contributed by atoms with E-state index in [1.807, 2.05) is 23.1 Å². The number of urea groups is 1. The summed E-state index contributed by atoms with van der Waals surface area (Å²) in [7, 11) is 5.29. The topological polar surface area (TPSA) is 110 Å². The number of nitrogens with one attached hydrogen (secondary N) is 1. The number of amides is 3. The molecule has 0 fully saturated rings. The van der Waals surface area contributed by atoms with Gasteiger partial charge in [0.25, 0.3) is 0 Å². The van der Waals surface area contributed by atoms with Crippen LogP contribution in [0.15, 0.2) is 30.5 Å². The van der Waals surface area contributed by atoms with E-state index < -0.39 is 6.03 Å². The molecular formula is C24H33N5O4. The van der Waals surface area contributed by atoms with Crippen LogP contribution in [0.3, 0.4) is 0 Å². The van der Waals surface area contributed by atoms with Crippen LogP contribution in [0, 0.1) is 0 Å². The third-order valence-corrected chi connectivity index (χ3v) is 5.85. The number of methoxy groups -OCH3 is 2. The quantitative estimate of drug-likeness (QED) is 0.568. The molecule has 1 aliphatic rings. The largest absolute Gasteiger partial charge is 0.493 e. The first-order chi connectivity index (χ1) is 15.9. The number of primary amides is 1. The lowest BCUT2D eigenvalue weighted by Gasteiger charge is -2.22. The molecule has 2 heterocycles. The predicted octanol–water partition coefficient (Wildman–Crippen LogP) is 2.08. The highest BCUT2D eigenvalue weighted by atomic mass is 16.5. The maximum absolute atomic E-state index is 12.8. The fourth-order valence-electron chi connectivity index (χ4n) is 4.04. The molecule has 0 atom stereocenters. The third kappa shape index (κ3) is 6.82. The number of aromatic nitrogens is 1. The van der Waals surface area contributed by atoms with Crippen molar-refractivity contribution in [1.29, 1.82) is 0 Å². The highest BCUT2D eigenvalue weighted by Gasteiger charge is 2.22. The number of benzene rings is 1. The Balaban J connectivity index is 1.46. The van der Waals surface area contributed by atoms with Crippen molar-refractivity contribution in [2.24, 2.45) is 5.73 Å². The van der Waals surface area contributed by atoms with E-state index in [9.17, 15) is 9.59 Å². The molecule has 9 heteroatoms. The summed E-state index contributed by atoms with van der Waals surface area (Å²) in [6.07, 6.45) is 4.49. The van der Waals surface area contributed by atoms with Gasteiger partial charge in [0.1, 0.15) is 0 Å². The fraction of sp³-hybridized carbons (Fsp3) is 0.458. The van der Waals surface area contributed by atoms with E-state index in [0.717, 1.165) is 55.7 Å². The molecule has 0 saturated heterocycles. The van der Waals surface area contributed by atoms with Crippen LogP contribution in [-0.2, 0) is 24.1 Å². The first-order valence-electron chi connectivity index (χ1n) is 11.1. The number of hydrogen-bond donors (Lipinski definition) is 2. The molecule has 3 N–H and O–H groups in total. The Hall–Kier alpha value is -3.33. The molecule has 9 nitrogen and oxygen atoms in total. The Morgan fingerprint density at radius 1 is 1.18 bits per heavy atom. The molecule has 178 valence electrons. The van der Waals surface area contributed by atoms with Crippen molar-refractivity contribution in [1.82, 2.24) is 14.8 Å². The second-order valence-corrected chi connectivity index (χ2v) is 8.22. The Bertz CT molecular complexity index is 981. The van der Waals surface area contributed by atoms with Crippen molar-refractivity contribution in [3.63, 3.8) is 0 Å². The molecule has 0 aliphatic carbocycles. The normalized spacial score (nSPS) is 13.5. The van der Waals surface area contributed by atoms with E-state index in [1.165, 1.54) is 0 Å². The van der Waals surface area contributed by atoms with E-state index in [0.29, 0.717) is 30.2 Å². The molecular weight excluding hydrogens is 422 g/mol. The van der Waals surface area contributed by atoms with E-state index >= 15 is 0 Å². The summed E-state index contributed by atoms with van der Waals surface area (Å²) in [6.45, 7) is 3.12. The summed E-state index contributed by atoms with van der Waals surface area (Å²) in [6, 6.07) is 6.86. The number of anilines is 1. The van der Waals surface area contributed by atoms with E-state index in [4.69, 9.17) is 15.2 Å². The Kier molecular flexibility index (Phi) is 8.48. The summed E-state index contributed by atoms with van der Waals surface area (Å²) < 4.78 is 10.8. The average molecular weight is 456 g/mol. The van der Waals surface area contributed by atoms with Crippen molar-refractivity contribution in [2.45, 2.75) is 25.7 Å². The van der Waals surface area contributed by atoms with Crippen LogP contribution in [0.25, 0.3) is 0 Å². The van der Waals surface area contributed by atoms with E-state index in [1.54, 1.807) is 26.5 Å². The Morgan fingerprint density at radius 2 is 1.91 bits per heavy atom. The molecule has 0 radical (unpaired) electrons. The Morgan fingerprint density at radius 3 is 2.61 bits per heavy atom. The molecule has 3 amide bonds. The maximum atomic E-state index is 12.8. The highest BCUT2D eigenvalue weighted by Crippen LogP contribution is 2.32. The van der Waals surface area contributed by atoms with Crippen LogP contribution in [0.5, 0.6) is 11.5 Å². The minimum atomic E-state index is -0.589. The van der Waals surface area contributed by atoms with Crippen LogP contribution in [-0.4, -0.2) is 74.2 Å². The third-order valence-electron chi connectivity index (χ3n) is 5.85. The lowest BCUT2D eigenvalue weighted by molar-refractivity contribution is -0.130. The van der Waals surface area contributed by atoms with Crippen molar-refractivity contribution in [2.75, 3.05) is 52.8 Å². The van der Waals surface area contributed by atoms with Gasteiger partial charge in [-0.05, 0) is 61.8 Å². The standard InChI is InChI=1S/C24H33N5O4/c1-28(11-7-19-16-20(5-8-26-19)27-24(25)31)9-4-10-29-12-6-17-13-21(32-2)22(33-3)14-18(17)15-23(29)30/h5,8,13-14,16H,4,6-7,9-12,15H2,1-3H3,(H3,25,26,27,31). The number of carbonyl (C=O) groups excluding carboxylic acids is 2. The zero-order valence-corrected chi connectivity index (χ0v) is 19.6. The van der Waals surface area contributed by atoms with Crippen LogP contribution in [0.1, 0.15) is 23.2 Å². The summed E-state index contributed by atoms with van der Waals surface area (Å²) in [5, 5.41) is 2.57. The lowest BCUT2D eigenvalue weighted by Crippen LogP contribution is -2.35. The van der Waals surface area contributed by atoms with Crippen molar-refractivity contribution in [3.05, 3.63) is 47.3 Å². The maximum Gasteiger partial charge on any atom is 0.316 e. The summed E-state index contributed by atoms with van der Waals surface area (Å²) in [5.74, 6) is 1.50. The monoisotopic (exact) mass is 455 g/mol. The summed E-state index contributed by atoms with van der Waals surface area (Å²) in [5.41, 5.74) is 8.85. The van der Waals surface area contributed by atoms with Crippen molar-refractivity contribution < 1.29 is 19.1 Å². The van der Waals surface area contributed by atoms with Crippen molar-refractivity contribution >= 4 is 17.6 Å². The number of likely N-dealkylation sites (N-methyl/N-ethyl adjacent to an activating group) is 1. The second-order valence-electron chi connectivity index (χ2n) is 8.22. The summed E-state index contributed by atoms with van der Waals surface area (Å²) >= 11 is 0. The van der Waals surface area contributed by atoms with Gasteiger partial charge in [-0.3, -0.25) is 9.78 Å². The van der Waals surface area contributed by atoms with Gasteiger partial charge < -0.3 is 30.3 Å². The Labute approximate surface area is 194 Å². The smallest absolute Gasteiger partial charge is 0.316 e. The first-order valence-corrected chi connectivity index (χ1v) is 11.1. The SMILES string of the molecule is COc1cc2c(cc1OC)CC(=O)N(CCCN(C)CCc1cc(NC(N)=O)ccn1)CC2. The molecule has 0 spiro atoms. The fourth-order valence-corrected chi connectivity index (χ4v) is 4.04. The number of pyridine rings is 1. The zero-order valence-electron chi connectivity index (χ0n) is 19.6. The molecule has 1 aromatic heterocycles. The van der Waals surface area contributed by atoms with Gasteiger partial charge in [-0.25, -0.2) is 4.79 Å². The number of fused-ring (bicyclic) bond motifs is 1. The first kappa shape index (κ1) is 24.3. The molecule has 1 aliphatic heterocycles. The molecule has 0 saturated carbocycles. The number of rotatable bonds is 10. The minimum absolute atomic E-state index is 0.145. The molecule has 3 rings (SSSR count). The van der Waals surface area contributed by atoms with Gasteiger partial charge in [-0.1, -0.05) is 0 Å². The van der Waals surface area contributed by atoms with Gasteiger partial charge in [0, 0.05) is 43.6 Å². The van der Waals surface area contributed by atoms with Gasteiger partial charge in [0.15, 0.2) is 11.5 Å².